The Morgan fingerprint density at radius 1 is 1.12 bits per heavy atom. The van der Waals surface area contributed by atoms with Gasteiger partial charge in [-0.15, -0.1) is 0 Å². The van der Waals surface area contributed by atoms with Crippen LogP contribution in [-0.4, -0.2) is 18.9 Å². The average molecular weight is 260 g/mol. The third-order valence-corrected chi connectivity index (χ3v) is 2.32. The van der Waals surface area contributed by atoms with Crippen LogP contribution < -0.4 is 29.6 Å². The van der Waals surface area contributed by atoms with Gasteiger partial charge in [0.05, 0.1) is 0 Å². The third-order valence-electron chi connectivity index (χ3n) is 1.93. The van der Waals surface area contributed by atoms with Crippen molar-refractivity contribution in [1.82, 2.24) is 0 Å². The summed E-state index contributed by atoms with van der Waals surface area (Å²) in [5.41, 5.74) is 0. The molecule has 0 N–H and O–H groups in total. The van der Waals surface area contributed by atoms with E-state index < -0.39 is 16.4 Å². The van der Waals surface area contributed by atoms with Crippen molar-refractivity contribution >= 4 is 16.4 Å². The second-order valence-corrected chi connectivity index (χ2v) is 4.36. The van der Waals surface area contributed by atoms with E-state index in [2.05, 4.69) is 11.1 Å². The predicted molar refractivity (Wildman–Crippen MR) is 53.8 cm³/mol. The molecule has 0 unspecified atom stereocenters. The summed E-state index contributed by atoms with van der Waals surface area (Å²) in [5.74, 6) is -0.958. The molecule has 0 aromatic carbocycles. The van der Waals surface area contributed by atoms with Gasteiger partial charge in [-0.25, -0.2) is 8.42 Å². The fraction of sp³-hybridized carbons (Fsp3) is 0.889. The number of hydrogen-bond acceptors (Lipinski definition) is 5. The van der Waals surface area contributed by atoms with Crippen LogP contribution >= 0.6 is 0 Å². The van der Waals surface area contributed by atoms with Crippen molar-refractivity contribution in [3.63, 3.8) is 0 Å². The molecule has 0 radical (unpaired) electrons. The van der Waals surface area contributed by atoms with E-state index in [9.17, 15) is 17.8 Å². The van der Waals surface area contributed by atoms with Gasteiger partial charge in [-0.1, -0.05) is 39.0 Å². The predicted octanol–water partition coefficient (Wildman–Crippen LogP) is -1.26. The second-order valence-electron chi connectivity index (χ2n) is 3.38. The minimum Gasteiger partial charge on any atom is -0.716 e. The molecule has 0 aromatic rings. The maximum atomic E-state index is 10.7. The minimum atomic E-state index is -4.87. The molecule has 0 atom stereocenters. The summed E-state index contributed by atoms with van der Waals surface area (Å²) >= 11 is 0. The van der Waals surface area contributed by atoms with E-state index in [0.29, 0.717) is 6.42 Å². The monoisotopic (exact) mass is 260 g/mol. The Kier molecular flexibility index (Phi) is 12.3. The van der Waals surface area contributed by atoms with Gasteiger partial charge in [0.1, 0.15) is 0 Å². The van der Waals surface area contributed by atoms with Crippen molar-refractivity contribution in [2.24, 2.45) is 0 Å². The first kappa shape index (κ1) is 18.7. The molecule has 0 spiro atoms. The molecule has 0 aliphatic heterocycles. The van der Waals surface area contributed by atoms with Gasteiger partial charge in [-0.2, -0.15) is 0 Å². The Labute approximate surface area is 119 Å². The van der Waals surface area contributed by atoms with Crippen molar-refractivity contribution in [3.05, 3.63) is 0 Å². The van der Waals surface area contributed by atoms with Gasteiger partial charge >= 0.3 is 35.5 Å². The van der Waals surface area contributed by atoms with E-state index >= 15 is 0 Å². The van der Waals surface area contributed by atoms with Crippen molar-refractivity contribution in [3.8, 4) is 0 Å². The van der Waals surface area contributed by atoms with Crippen LogP contribution in [0.25, 0.3) is 0 Å². The zero-order valence-electron chi connectivity index (χ0n) is 9.90. The minimum absolute atomic E-state index is 0. The van der Waals surface area contributed by atoms with Crippen LogP contribution in [0.5, 0.6) is 0 Å². The molecule has 7 heteroatoms. The number of unbranched alkanes of at least 4 members (excludes halogenated alkanes) is 5. The summed E-state index contributed by atoms with van der Waals surface area (Å²) in [6, 6.07) is 0. The van der Waals surface area contributed by atoms with Gasteiger partial charge in [-0.3, -0.25) is 4.79 Å². The van der Waals surface area contributed by atoms with E-state index in [1.165, 1.54) is 6.42 Å². The Hall–Kier alpha value is 0.380. The number of carbonyl (C=O) groups is 1. The average Bonchev–Trinajstić information content (AvgIpc) is 2.08. The van der Waals surface area contributed by atoms with Gasteiger partial charge < -0.3 is 8.74 Å². The van der Waals surface area contributed by atoms with Gasteiger partial charge in [0.2, 0.25) is 0 Å². The fourth-order valence-corrected chi connectivity index (χ4v) is 1.52. The summed E-state index contributed by atoms with van der Waals surface area (Å²) in [4.78, 5) is 10.7. The summed E-state index contributed by atoms with van der Waals surface area (Å²) in [7, 11) is -4.87. The summed E-state index contributed by atoms with van der Waals surface area (Å²) in [6.45, 7) is 2.11. The number of hydrogen-bond donors (Lipinski definition) is 0. The Balaban J connectivity index is 0. The van der Waals surface area contributed by atoms with E-state index in [1.807, 2.05) is 0 Å². The topological polar surface area (TPSA) is 83.5 Å². The molecule has 0 amide bonds. The van der Waals surface area contributed by atoms with Crippen LogP contribution in [-0.2, 0) is 19.4 Å². The smallest absolute Gasteiger partial charge is 0.716 e. The maximum Gasteiger partial charge on any atom is 1.00 e. The normalized spacial score (nSPS) is 10.6. The van der Waals surface area contributed by atoms with Gasteiger partial charge in [0, 0.05) is 6.42 Å². The largest absolute Gasteiger partial charge is 1.00 e. The molecule has 0 fully saturated rings. The van der Waals surface area contributed by atoms with Crippen LogP contribution in [0.2, 0.25) is 0 Å². The number of rotatable bonds is 8. The molecular weight excluding hydrogens is 243 g/mol. The standard InChI is InChI=1S/C9H18O5S.Na/c1-2-3-4-5-6-7-8-9(10)14-15(11,12)13;/h2-8H2,1H3,(H,11,12,13);/q;+1/p-1. The fourth-order valence-electron chi connectivity index (χ4n) is 1.21. The van der Waals surface area contributed by atoms with Gasteiger partial charge in [0.25, 0.3) is 10.4 Å². The summed E-state index contributed by atoms with van der Waals surface area (Å²) in [6.07, 6.45) is 5.87. The Morgan fingerprint density at radius 2 is 1.62 bits per heavy atom. The number of carbonyl (C=O) groups excluding carboxylic acids is 1. The maximum absolute atomic E-state index is 10.7. The zero-order valence-corrected chi connectivity index (χ0v) is 12.7. The zero-order chi connectivity index (χ0) is 11.7. The van der Waals surface area contributed by atoms with Crippen molar-refractivity contribution in [1.29, 1.82) is 0 Å². The molecule has 0 aliphatic carbocycles. The Bertz CT molecular complexity index is 276. The van der Waals surface area contributed by atoms with E-state index in [-0.39, 0.29) is 36.0 Å². The molecule has 16 heavy (non-hydrogen) atoms. The van der Waals surface area contributed by atoms with Crippen LogP contribution in [0.4, 0.5) is 0 Å². The molecule has 0 saturated heterocycles. The van der Waals surface area contributed by atoms with E-state index in [4.69, 9.17) is 0 Å². The molecule has 0 saturated carbocycles. The molecular formula is C9H17NaO5S. The first-order chi connectivity index (χ1) is 6.95. The molecule has 5 nitrogen and oxygen atoms in total. The molecule has 0 aliphatic rings. The molecule has 0 aromatic heterocycles. The Morgan fingerprint density at radius 3 is 2.12 bits per heavy atom. The summed E-state index contributed by atoms with van der Waals surface area (Å²) < 4.78 is 33.7. The van der Waals surface area contributed by atoms with Crippen molar-refractivity contribution in [2.75, 3.05) is 0 Å². The quantitative estimate of drug-likeness (QED) is 0.235. The molecule has 0 heterocycles. The van der Waals surface area contributed by atoms with Crippen molar-refractivity contribution in [2.45, 2.75) is 51.9 Å². The van der Waals surface area contributed by atoms with E-state index in [0.717, 1.165) is 25.7 Å². The third kappa shape index (κ3) is 14.4. The van der Waals surface area contributed by atoms with Gasteiger partial charge in [0.15, 0.2) is 0 Å². The molecule has 90 valence electrons. The van der Waals surface area contributed by atoms with Crippen LogP contribution in [0, 0.1) is 0 Å². The molecule has 0 rings (SSSR count). The first-order valence-corrected chi connectivity index (χ1v) is 6.47. The SMILES string of the molecule is CCCCCCCCC(=O)OS(=O)(=O)[O-].[Na+]. The van der Waals surface area contributed by atoms with E-state index in [1.54, 1.807) is 0 Å². The van der Waals surface area contributed by atoms with Gasteiger partial charge in [-0.05, 0) is 6.42 Å². The van der Waals surface area contributed by atoms with Crippen molar-refractivity contribution < 1.29 is 51.5 Å². The van der Waals surface area contributed by atoms with Crippen LogP contribution in [0.1, 0.15) is 51.9 Å². The first-order valence-electron chi connectivity index (χ1n) is 5.14. The second kappa shape index (κ2) is 10.5. The van der Waals surface area contributed by atoms with Crippen LogP contribution in [0.15, 0.2) is 0 Å². The molecule has 0 bridgehead atoms. The summed E-state index contributed by atoms with van der Waals surface area (Å²) in [5, 5.41) is 0. The van der Waals surface area contributed by atoms with Crippen LogP contribution in [0.3, 0.4) is 0 Å².